The van der Waals surface area contributed by atoms with Crippen LogP contribution in [0.2, 0.25) is 0 Å². The van der Waals surface area contributed by atoms with E-state index in [-0.39, 0.29) is 35.2 Å². The first-order chi connectivity index (χ1) is 17.2. The van der Waals surface area contributed by atoms with Crippen molar-refractivity contribution in [2.45, 2.75) is 129 Å². The third-order valence-corrected chi connectivity index (χ3v) is 12.6. The molecular weight excluding hydrogens is 450 g/mol. The summed E-state index contributed by atoms with van der Waals surface area (Å²) in [5, 5.41) is 25.5. The van der Waals surface area contributed by atoms with Gasteiger partial charge < -0.3 is 20.3 Å². The van der Waals surface area contributed by atoms with Crippen LogP contribution in [0.1, 0.15) is 111 Å². The number of aliphatic hydroxyl groups excluding tert-OH is 2. The molecule has 0 aliphatic heterocycles. The third kappa shape index (κ3) is 4.52. The Kier molecular flexibility index (Phi) is 7.73. The monoisotopic (exact) mass is 503 g/mol. The minimum absolute atomic E-state index is 0.193. The zero-order chi connectivity index (χ0) is 25.7. The number of aliphatic hydroxyl groups is 2. The molecule has 0 heterocycles. The van der Waals surface area contributed by atoms with E-state index < -0.39 is 0 Å². The van der Waals surface area contributed by atoms with Crippen LogP contribution in [0, 0.1) is 52.3 Å². The van der Waals surface area contributed by atoms with Crippen LogP contribution in [0.4, 0.5) is 4.79 Å². The van der Waals surface area contributed by atoms with E-state index >= 15 is 0 Å². The molecular formula is C31H53NO4. The van der Waals surface area contributed by atoms with E-state index in [9.17, 15) is 15.0 Å². The molecule has 0 radical (unpaired) electrons. The Balaban J connectivity index is 1.27. The first-order valence-electron chi connectivity index (χ1n) is 15.5. The number of alkyl carbamates (subject to hydrolysis) is 1. The van der Waals surface area contributed by atoms with Crippen molar-refractivity contribution in [2.75, 3.05) is 6.61 Å². The topological polar surface area (TPSA) is 78.8 Å². The van der Waals surface area contributed by atoms with E-state index in [0.29, 0.717) is 48.0 Å². The summed E-state index contributed by atoms with van der Waals surface area (Å²) < 4.78 is 5.78. The molecule has 1 unspecified atom stereocenters. The fourth-order valence-corrected chi connectivity index (χ4v) is 10.7. The molecule has 36 heavy (non-hydrogen) atoms. The Hall–Kier alpha value is -0.810. The maximum Gasteiger partial charge on any atom is 0.407 e. The number of rotatable bonds is 5. The van der Waals surface area contributed by atoms with Gasteiger partial charge in [0.25, 0.3) is 0 Å². The molecule has 0 aromatic heterocycles. The van der Waals surface area contributed by atoms with Crippen LogP contribution >= 0.6 is 0 Å². The molecule has 1 amide bonds. The quantitative estimate of drug-likeness (QED) is 0.411. The number of hydrogen-bond donors (Lipinski definition) is 3. The molecule has 5 aliphatic carbocycles. The normalized spacial score (nSPS) is 47.8. The van der Waals surface area contributed by atoms with Gasteiger partial charge in [-0.1, -0.05) is 53.4 Å². The van der Waals surface area contributed by atoms with Crippen molar-refractivity contribution in [3.63, 3.8) is 0 Å². The zero-order valence-electron chi connectivity index (χ0n) is 23.4. The van der Waals surface area contributed by atoms with Gasteiger partial charge in [0.1, 0.15) is 0 Å². The number of amides is 1. The first kappa shape index (κ1) is 26.8. The van der Waals surface area contributed by atoms with Gasteiger partial charge >= 0.3 is 6.09 Å². The Bertz CT molecular complexity index is 783. The summed E-state index contributed by atoms with van der Waals surface area (Å²) in [6.45, 7) is 10.0. The van der Waals surface area contributed by atoms with Crippen molar-refractivity contribution in [3.8, 4) is 0 Å². The summed E-state index contributed by atoms with van der Waals surface area (Å²) in [6, 6.07) is 0.288. The maximum absolute atomic E-state index is 12.5. The minimum atomic E-state index is -0.250. The van der Waals surface area contributed by atoms with Gasteiger partial charge in [-0.2, -0.15) is 0 Å². The predicted molar refractivity (Wildman–Crippen MR) is 142 cm³/mol. The summed E-state index contributed by atoms with van der Waals surface area (Å²) in [5.41, 5.74) is 0.454. The van der Waals surface area contributed by atoms with Crippen molar-refractivity contribution in [2.24, 2.45) is 52.3 Å². The van der Waals surface area contributed by atoms with Crippen molar-refractivity contribution < 1.29 is 19.7 Å². The van der Waals surface area contributed by atoms with Gasteiger partial charge in [0.15, 0.2) is 0 Å². The van der Waals surface area contributed by atoms with Gasteiger partial charge in [0, 0.05) is 6.04 Å². The van der Waals surface area contributed by atoms with E-state index in [0.717, 1.165) is 38.5 Å². The molecule has 0 bridgehead atoms. The van der Waals surface area contributed by atoms with Crippen LogP contribution in [-0.2, 0) is 4.74 Å². The van der Waals surface area contributed by atoms with Crippen LogP contribution in [-0.4, -0.2) is 41.2 Å². The minimum Gasteiger partial charge on any atom is -0.449 e. The molecule has 5 rings (SSSR count). The van der Waals surface area contributed by atoms with Crippen LogP contribution in [0.5, 0.6) is 0 Å². The van der Waals surface area contributed by atoms with Crippen molar-refractivity contribution >= 4 is 6.09 Å². The Labute approximate surface area is 219 Å². The van der Waals surface area contributed by atoms with Gasteiger partial charge in [0.05, 0.1) is 18.8 Å². The first-order valence-corrected chi connectivity index (χ1v) is 15.5. The summed E-state index contributed by atoms with van der Waals surface area (Å²) in [6.07, 6.45) is 13.9. The average Bonchev–Trinajstić information content (AvgIpc) is 3.22. The summed E-state index contributed by atoms with van der Waals surface area (Å²) in [4.78, 5) is 12.5. The Morgan fingerprint density at radius 2 is 1.64 bits per heavy atom. The lowest BCUT2D eigenvalue weighted by Gasteiger charge is -2.64. The van der Waals surface area contributed by atoms with E-state index in [2.05, 4.69) is 33.0 Å². The number of ether oxygens (including phenoxy) is 1. The molecule has 3 N–H and O–H groups in total. The lowest BCUT2D eigenvalue weighted by Crippen LogP contribution is -2.62. The van der Waals surface area contributed by atoms with Gasteiger partial charge in [-0.25, -0.2) is 4.79 Å². The molecule has 5 heteroatoms. The highest BCUT2D eigenvalue weighted by Gasteiger charge is 2.64. The Morgan fingerprint density at radius 1 is 0.944 bits per heavy atom. The maximum atomic E-state index is 12.5. The molecule has 0 aromatic rings. The summed E-state index contributed by atoms with van der Waals surface area (Å²) >= 11 is 0. The van der Waals surface area contributed by atoms with Crippen LogP contribution in [0.25, 0.3) is 0 Å². The molecule has 11 atom stereocenters. The number of carbonyl (C=O) groups is 1. The highest BCUT2D eigenvalue weighted by atomic mass is 16.5. The van der Waals surface area contributed by atoms with Crippen molar-refractivity contribution in [1.82, 2.24) is 5.32 Å². The van der Waals surface area contributed by atoms with Gasteiger partial charge in [0.2, 0.25) is 0 Å². The van der Waals surface area contributed by atoms with Crippen LogP contribution in [0.15, 0.2) is 0 Å². The van der Waals surface area contributed by atoms with E-state index in [4.69, 9.17) is 4.74 Å². The van der Waals surface area contributed by atoms with Crippen LogP contribution < -0.4 is 5.32 Å². The highest BCUT2D eigenvalue weighted by Crippen LogP contribution is 2.69. The lowest BCUT2D eigenvalue weighted by molar-refractivity contribution is -0.203. The molecule has 5 nitrogen and oxygen atoms in total. The highest BCUT2D eigenvalue weighted by molar-refractivity contribution is 5.67. The van der Waals surface area contributed by atoms with E-state index in [1.54, 1.807) is 0 Å². The molecule has 206 valence electrons. The molecule has 0 aromatic carbocycles. The fraction of sp³-hybridized carbons (Fsp3) is 0.968. The smallest absolute Gasteiger partial charge is 0.407 e. The standard InChI is InChI=1S/C31H53NO4/c1-5-22-26-17-21(33)13-15-31(26,4)25-14-16-30(3)23(11-12-24(30)27(25)28(22)34)19(2)18-36-29(35)32-20-9-7-6-8-10-20/h19-28,33-34H,5-18H2,1-4H3,(H,32,35)/t19-,21-,22-,23-,24+,25?,26+,27+,28-,30-,31-/m1/s1. The molecule has 5 saturated carbocycles. The summed E-state index contributed by atoms with van der Waals surface area (Å²) in [5.74, 6) is 3.11. The van der Waals surface area contributed by atoms with Crippen LogP contribution in [0.3, 0.4) is 0 Å². The second kappa shape index (κ2) is 10.4. The Morgan fingerprint density at radius 3 is 2.36 bits per heavy atom. The lowest BCUT2D eigenvalue weighted by atomic mass is 9.41. The predicted octanol–water partition coefficient (Wildman–Crippen LogP) is 6.31. The van der Waals surface area contributed by atoms with E-state index in [1.165, 1.54) is 44.9 Å². The SMILES string of the molecule is CC[C@H]1[C@@H](O)[C@@H]2C(CC[C@]3(C)[C@@H]([C@H](C)COC(=O)NC4CCCCC4)CC[C@@H]23)[C@@]2(C)CC[C@@H](O)C[C@@H]12. The molecule has 5 aliphatic rings. The van der Waals surface area contributed by atoms with Crippen molar-refractivity contribution in [1.29, 1.82) is 0 Å². The molecule has 5 fully saturated rings. The van der Waals surface area contributed by atoms with E-state index in [1.807, 2.05) is 0 Å². The van der Waals surface area contributed by atoms with Gasteiger partial charge in [-0.05, 0) is 110 Å². The number of fused-ring (bicyclic) bond motifs is 5. The van der Waals surface area contributed by atoms with Gasteiger partial charge in [-0.3, -0.25) is 0 Å². The zero-order valence-corrected chi connectivity index (χ0v) is 23.4. The third-order valence-electron chi connectivity index (χ3n) is 12.6. The van der Waals surface area contributed by atoms with Gasteiger partial charge in [-0.15, -0.1) is 0 Å². The second-order valence-corrected chi connectivity index (χ2v) is 14.2. The average molecular weight is 504 g/mol. The molecule has 0 saturated heterocycles. The fourth-order valence-electron chi connectivity index (χ4n) is 10.7. The number of hydrogen-bond acceptors (Lipinski definition) is 4. The number of nitrogens with one attached hydrogen (secondary N) is 1. The number of carbonyl (C=O) groups excluding carboxylic acids is 1. The largest absolute Gasteiger partial charge is 0.449 e. The van der Waals surface area contributed by atoms with Crippen molar-refractivity contribution in [3.05, 3.63) is 0 Å². The molecule has 0 spiro atoms. The summed E-state index contributed by atoms with van der Waals surface area (Å²) in [7, 11) is 0. The second-order valence-electron chi connectivity index (χ2n) is 14.2.